The second kappa shape index (κ2) is 8.29. The molecule has 0 amide bonds. The van der Waals surface area contributed by atoms with Crippen LogP contribution in [0.4, 0.5) is 0 Å². The highest BCUT2D eigenvalue weighted by Crippen LogP contribution is 2.29. The molecule has 0 aromatic heterocycles. The molecule has 0 saturated carbocycles. The van der Waals surface area contributed by atoms with Crippen LogP contribution in [0.2, 0.25) is 0 Å². The molecule has 2 fully saturated rings. The van der Waals surface area contributed by atoms with E-state index in [2.05, 4.69) is 0 Å². The summed E-state index contributed by atoms with van der Waals surface area (Å²) in [6.07, 6.45) is -14.4. The SMILES string of the molecule is CO[C@H]1O[C@H](CO)[C@@H](O)[C@H](O[C@@H]2O[C@H](CO)[C@H](O)[C@H](O)[C@H]2O)[C@H]1O. The third-order valence-corrected chi connectivity index (χ3v) is 4.19. The number of aliphatic hydroxyl groups is 7. The molecule has 2 rings (SSSR count). The van der Waals surface area contributed by atoms with Crippen LogP contribution in [0.25, 0.3) is 0 Å². The van der Waals surface area contributed by atoms with Crippen LogP contribution in [0, 0.1) is 0 Å². The minimum atomic E-state index is -1.70. The summed E-state index contributed by atoms with van der Waals surface area (Å²) in [4.78, 5) is 0. The number of rotatable bonds is 5. The first kappa shape index (κ1) is 19.9. The molecule has 2 saturated heterocycles. The van der Waals surface area contributed by atoms with Crippen molar-refractivity contribution in [2.75, 3.05) is 20.3 Å². The molecule has 2 aliphatic heterocycles. The molecule has 2 heterocycles. The number of ether oxygens (including phenoxy) is 4. The van der Waals surface area contributed by atoms with Gasteiger partial charge in [-0.05, 0) is 0 Å². The first-order valence-corrected chi connectivity index (χ1v) is 7.46. The van der Waals surface area contributed by atoms with Crippen LogP contribution in [-0.2, 0) is 18.9 Å². The predicted molar refractivity (Wildman–Crippen MR) is 73.4 cm³/mol. The van der Waals surface area contributed by atoms with Crippen molar-refractivity contribution < 1.29 is 54.7 Å². The Morgan fingerprint density at radius 2 is 1.25 bits per heavy atom. The molecule has 0 aromatic carbocycles. The van der Waals surface area contributed by atoms with Crippen LogP contribution in [0.15, 0.2) is 0 Å². The standard InChI is InChI=1S/C13H24O11/c1-21-12-10(20)11(7(17)5(3-15)22-12)24-13-9(19)8(18)6(16)4(2-14)23-13/h4-20H,2-3H2,1H3/t4-,5-,6+,7-,8+,9-,10-,11+,12+,13+/m1/s1. The number of hydrogen-bond donors (Lipinski definition) is 7. The monoisotopic (exact) mass is 356 g/mol. The Bertz CT molecular complexity index is 378. The van der Waals surface area contributed by atoms with Crippen LogP contribution in [-0.4, -0.2) is 117 Å². The summed E-state index contributed by atoms with van der Waals surface area (Å²) >= 11 is 0. The molecule has 2 aliphatic rings. The van der Waals surface area contributed by atoms with Crippen molar-refractivity contribution in [3.05, 3.63) is 0 Å². The minimum Gasteiger partial charge on any atom is -0.394 e. The quantitative estimate of drug-likeness (QED) is 0.251. The van der Waals surface area contributed by atoms with Gasteiger partial charge in [0.2, 0.25) is 0 Å². The van der Waals surface area contributed by atoms with E-state index >= 15 is 0 Å². The predicted octanol–water partition coefficient (Wildman–Crippen LogP) is -4.74. The Kier molecular flexibility index (Phi) is 6.87. The van der Waals surface area contributed by atoms with Crippen molar-refractivity contribution in [1.82, 2.24) is 0 Å². The van der Waals surface area contributed by atoms with E-state index in [0.717, 1.165) is 0 Å². The first-order valence-electron chi connectivity index (χ1n) is 7.46. The summed E-state index contributed by atoms with van der Waals surface area (Å²) in [7, 11) is 1.24. The Balaban J connectivity index is 2.14. The highest BCUT2D eigenvalue weighted by atomic mass is 16.7. The molecule has 11 heteroatoms. The molecule has 0 radical (unpaired) electrons. The van der Waals surface area contributed by atoms with Gasteiger partial charge in [-0.25, -0.2) is 0 Å². The maximum Gasteiger partial charge on any atom is 0.187 e. The number of hydrogen-bond acceptors (Lipinski definition) is 11. The van der Waals surface area contributed by atoms with Gasteiger partial charge in [0.1, 0.15) is 48.8 Å². The van der Waals surface area contributed by atoms with Crippen molar-refractivity contribution in [2.45, 2.75) is 61.4 Å². The third-order valence-electron chi connectivity index (χ3n) is 4.19. The normalized spacial score (nSPS) is 50.0. The zero-order valence-electron chi connectivity index (χ0n) is 13.0. The van der Waals surface area contributed by atoms with Gasteiger partial charge in [-0.1, -0.05) is 0 Å². The zero-order chi connectivity index (χ0) is 18.0. The highest BCUT2D eigenvalue weighted by molar-refractivity contribution is 4.93. The summed E-state index contributed by atoms with van der Waals surface area (Å²) in [5.41, 5.74) is 0. The van der Waals surface area contributed by atoms with Gasteiger partial charge < -0.3 is 54.7 Å². The van der Waals surface area contributed by atoms with Crippen molar-refractivity contribution in [2.24, 2.45) is 0 Å². The Morgan fingerprint density at radius 3 is 1.79 bits per heavy atom. The summed E-state index contributed by atoms with van der Waals surface area (Å²) in [5.74, 6) is 0. The number of methoxy groups -OCH3 is 1. The van der Waals surface area contributed by atoms with Crippen LogP contribution in [0.1, 0.15) is 0 Å². The summed E-state index contributed by atoms with van der Waals surface area (Å²) < 4.78 is 20.6. The Morgan fingerprint density at radius 1 is 0.708 bits per heavy atom. The van der Waals surface area contributed by atoms with Crippen molar-refractivity contribution in [3.8, 4) is 0 Å². The Hall–Kier alpha value is -0.440. The van der Waals surface area contributed by atoms with E-state index in [9.17, 15) is 30.6 Å². The maximum absolute atomic E-state index is 10.2. The van der Waals surface area contributed by atoms with Crippen molar-refractivity contribution >= 4 is 0 Å². The molecule has 7 N–H and O–H groups in total. The molecular weight excluding hydrogens is 332 g/mol. The van der Waals surface area contributed by atoms with Crippen molar-refractivity contribution in [3.63, 3.8) is 0 Å². The van der Waals surface area contributed by atoms with E-state index in [1.807, 2.05) is 0 Å². The molecule has 11 nitrogen and oxygen atoms in total. The fourth-order valence-corrected chi connectivity index (χ4v) is 2.74. The van der Waals surface area contributed by atoms with Gasteiger partial charge in [-0.15, -0.1) is 0 Å². The lowest BCUT2D eigenvalue weighted by Crippen LogP contribution is -2.64. The summed E-state index contributed by atoms with van der Waals surface area (Å²) in [6, 6.07) is 0. The molecule has 0 aromatic rings. The third kappa shape index (κ3) is 3.71. The van der Waals surface area contributed by atoms with Gasteiger partial charge in [0, 0.05) is 7.11 Å². The smallest absolute Gasteiger partial charge is 0.187 e. The lowest BCUT2D eigenvalue weighted by Gasteiger charge is -2.45. The van der Waals surface area contributed by atoms with E-state index < -0.39 is 74.6 Å². The topological polar surface area (TPSA) is 179 Å². The largest absolute Gasteiger partial charge is 0.394 e. The van der Waals surface area contributed by atoms with Gasteiger partial charge in [0.25, 0.3) is 0 Å². The van der Waals surface area contributed by atoms with E-state index in [-0.39, 0.29) is 0 Å². The van der Waals surface area contributed by atoms with Gasteiger partial charge in [-0.3, -0.25) is 0 Å². The molecule has 0 spiro atoms. The van der Waals surface area contributed by atoms with Crippen LogP contribution >= 0.6 is 0 Å². The van der Waals surface area contributed by atoms with E-state index in [1.54, 1.807) is 0 Å². The molecule has 24 heavy (non-hydrogen) atoms. The molecule has 0 aliphatic carbocycles. The van der Waals surface area contributed by atoms with Crippen LogP contribution in [0.3, 0.4) is 0 Å². The Labute approximate surface area is 137 Å². The maximum atomic E-state index is 10.2. The van der Waals surface area contributed by atoms with Crippen LogP contribution in [0.5, 0.6) is 0 Å². The van der Waals surface area contributed by atoms with Gasteiger partial charge >= 0.3 is 0 Å². The molecule has 142 valence electrons. The van der Waals surface area contributed by atoms with E-state index in [4.69, 9.17) is 24.1 Å². The van der Waals surface area contributed by atoms with Gasteiger partial charge in [0.15, 0.2) is 12.6 Å². The average molecular weight is 356 g/mol. The minimum absolute atomic E-state index is 0.581. The average Bonchev–Trinajstić information content (AvgIpc) is 2.58. The lowest BCUT2D eigenvalue weighted by molar-refractivity contribution is -0.358. The fraction of sp³-hybridized carbons (Fsp3) is 1.00. The second-order valence-electron chi connectivity index (χ2n) is 5.74. The fourth-order valence-electron chi connectivity index (χ4n) is 2.74. The first-order chi connectivity index (χ1) is 11.3. The van der Waals surface area contributed by atoms with Crippen molar-refractivity contribution in [1.29, 1.82) is 0 Å². The second-order valence-corrected chi connectivity index (χ2v) is 5.74. The highest BCUT2D eigenvalue weighted by Gasteiger charge is 2.50. The molecule has 0 unspecified atom stereocenters. The zero-order valence-corrected chi connectivity index (χ0v) is 13.0. The van der Waals surface area contributed by atoms with Crippen LogP contribution < -0.4 is 0 Å². The molecule has 10 atom stereocenters. The van der Waals surface area contributed by atoms with E-state index in [1.165, 1.54) is 7.11 Å². The number of aliphatic hydroxyl groups excluding tert-OH is 7. The molecular formula is C13H24O11. The van der Waals surface area contributed by atoms with Gasteiger partial charge in [-0.2, -0.15) is 0 Å². The summed E-state index contributed by atoms with van der Waals surface area (Å²) in [6.45, 7) is -1.23. The summed E-state index contributed by atoms with van der Waals surface area (Å²) in [5, 5.41) is 68.1. The lowest BCUT2D eigenvalue weighted by atomic mass is 9.97. The van der Waals surface area contributed by atoms with Gasteiger partial charge in [0.05, 0.1) is 13.2 Å². The van der Waals surface area contributed by atoms with E-state index in [0.29, 0.717) is 0 Å². The molecule has 0 bridgehead atoms.